The Kier molecular flexibility index (Phi) is 3.69. The van der Waals surface area contributed by atoms with Crippen LogP contribution in [0.2, 0.25) is 0 Å². The Morgan fingerprint density at radius 3 is 2.60 bits per heavy atom. The maximum atomic E-state index is 11.6. The van der Waals surface area contributed by atoms with Crippen molar-refractivity contribution in [1.82, 2.24) is 4.31 Å². The third-order valence-corrected chi connectivity index (χ3v) is 4.38. The lowest BCUT2D eigenvalue weighted by molar-refractivity contribution is -0.140. The van der Waals surface area contributed by atoms with Crippen LogP contribution in [0.4, 0.5) is 0 Å². The van der Waals surface area contributed by atoms with Gasteiger partial charge in [-0.3, -0.25) is 4.79 Å². The van der Waals surface area contributed by atoms with Crippen LogP contribution in [0.25, 0.3) is 0 Å². The highest BCUT2D eigenvalue weighted by Crippen LogP contribution is 2.22. The van der Waals surface area contributed by atoms with Crippen molar-refractivity contribution < 1.29 is 23.4 Å². The highest BCUT2D eigenvalue weighted by atomic mass is 32.2. The summed E-state index contributed by atoms with van der Waals surface area (Å²) in [6.07, 6.45) is -0.475. The van der Waals surface area contributed by atoms with Crippen LogP contribution in [0.5, 0.6) is 0 Å². The molecule has 0 bridgehead atoms. The van der Waals surface area contributed by atoms with Crippen molar-refractivity contribution in [3.05, 3.63) is 0 Å². The molecule has 15 heavy (non-hydrogen) atoms. The molecule has 0 aromatic carbocycles. The zero-order valence-corrected chi connectivity index (χ0v) is 9.27. The maximum absolute atomic E-state index is 11.6. The summed E-state index contributed by atoms with van der Waals surface area (Å²) in [7, 11) is -3.54. The van der Waals surface area contributed by atoms with E-state index < -0.39 is 28.1 Å². The van der Waals surface area contributed by atoms with E-state index in [1.54, 1.807) is 6.92 Å². The van der Waals surface area contributed by atoms with Crippen molar-refractivity contribution in [1.29, 1.82) is 0 Å². The predicted octanol–water partition coefficient (Wildman–Crippen LogP) is -0.754. The first-order valence-corrected chi connectivity index (χ1v) is 6.39. The lowest BCUT2D eigenvalue weighted by atomic mass is 10.2. The number of hydrogen-bond acceptors (Lipinski definition) is 4. The number of hydrogen-bond donors (Lipinski definition) is 2. The SMILES string of the molecule is CCCS(=O)(=O)N1C[C@H](O)C[C@H]1C(=O)O. The van der Waals surface area contributed by atoms with Crippen LogP contribution >= 0.6 is 0 Å². The van der Waals surface area contributed by atoms with Crippen molar-refractivity contribution in [3.63, 3.8) is 0 Å². The van der Waals surface area contributed by atoms with Crippen molar-refractivity contribution in [2.45, 2.75) is 31.9 Å². The number of β-amino-alcohol motifs (C(OH)–C–C–N with tert-alkyl or cyclic N) is 1. The standard InChI is InChI=1S/C8H15NO5S/c1-2-3-15(13,14)9-5-6(10)4-7(9)8(11)12/h6-7,10H,2-5H2,1H3,(H,11,12)/t6-,7+/m1/s1. The van der Waals surface area contributed by atoms with Gasteiger partial charge < -0.3 is 10.2 Å². The minimum Gasteiger partial charge on any atom is -0.480 e. The Bertz CT molecular complexity index is 339. The number of rotatable bonds is 4. The molecule has 0 radical (unpaired) electrons. The van der Waals surface area contributed by atoms with Gasteiger partial charge in [0.15, 0.2) is 0 Å². The van der Waals surface area contributed by atoms with Crippen molar-refractivity contribution in [2.24, 2.45) is 0 Å². The summed E-state index contributed by atoms with van der Waals surface area (Å²) in [5.74, 6) is -1.28. The molecule has 1 fully saturated rings. The number of sulfonamides is 1. The fraction of sp³-hybridized carbons (Fsp3) is 0.875. The van der Waals surface area contributed by atoms with E-state index in [0.717, 1.165) is 4.31 Å². The molecule has 6 nitrogen and oxygen atoms in total. The van der Waals surface area contributed by atoms with Crippen molar-refractivity contribution >= 4 is 16.0 Å². The molecule has 1 saturated heterocycles. The van der Waals surface area contributed by atoms with Crippen LogP contribution < -0.4 is 0 Å². The maximum Gasteiger partial charge on any atom is 0.322 e. The van der Waals surface area contributed by atoms with E-state index in [2.05, 4.69) is 0 Å². The Labute approximate surface area is 88.6 Å². The largest absolute Gasteiger partial charge is 0.480 e. The third-order valence-electron chi connectivity index (χ3n) is 2.34. The Morgan fingerprint density at radius 1 is 1.53 bits per heavy atom. The summed E-state index contributed by atoms with van der Waals surface area (Å²) in [5.41, 5.74) is 0. The summed E-state index contributed by atoms with van der Waals surface area (Å²) in [6, 6.07) is -1.11. The van der Waals surface area contributed by atoms with Crippen LogP contribution in [0.1, 0.15) is 19.8 Å². The van der Waals surface area contributed by atoms with Gasteiger partial charge in [0.05, 0.1) is 11.9 Å². The number of nitrogens with zero attached hydrogens (tertiary/aromatic N) is 1. The van der Waals surface area contributed by atoms with E-state index in [-0.39, 0.29) is 18.7 Å². The molecule has 0 unspecified atom stereocenters. The smallest absolute Gasteiger partial charge is 0.322 e. The number of aliphatic hydroxyl groups is 1. The number of carboxylic acids is 1. The first-order chi connectivity index (χ1) is 6.88. The zero-order valence-electron chi connectivity index (χ0n) is 8.46. The van der Waals surface area contributed by atoms with Gasteiger partial charge in [-0.2, -0.15) is 4.31 Å². The van der Waals surface area contributed by atoms with Gasteiger partial charge in [0, 0.05) is 13.0 Å². The van der Waals surface area contributed by atoms with Gasteiger partial charge in [-0.1, -0.05) is 6.92 Å². The average Bonchev–Trinajstić information content (AvgIpc) is 2.47. The molecule has 0 aromatic rings. The molecule has 0 spiro atoms. The van der Waals surface area contributed by atoms with E-state index in [1.165, 1.54) is 0 Å². The second-order valence-electron chi connectivity index (χ2n) is 3.63. The first kappa shape index (κ1) is 12.4. The minimum absolute atomic E-state index is 0.0295. The van der Waals surface area contributed by atoms with Gasteiger partial charge in [-0.15, -0.1) is 0 Å². The van der Waals surface area contributed by atoms with E-state index in [9.17, 15) is 18.3 Å². The monoisotopic (exact) mass is 237 g/mol. The molecule has 7 heteroatoms. The van der Waals surface area contributed by atoms with Gasteiger partial charge in [0.2, 0.25) is 10.0 Å². The zero-order chi connectivity index (χ0) is 11.6. The second kappa shape index (κ2) is 4.46. The van der Waals surface area contributed by atoms with Gasteiger partial charge in [0.1, 0.15) is 6.04 Å². The predicted molar refractivity (Wildman–Crippen MR) is 52.8 cm³/mol. The van der Waals surface area contributed by atoms with Crippen molar-refractivity contribution in [3.8, 4) is 0 Å². The van der Waals surface area contributed by atoms with Gasteiger partial charge >= 0.3 is 5.97 Å². The summed E-state index contributed by atoms with van der Waals surface area (Å²) >= 11 is 0. The first-order valence-electron chi connectivity index (χ1n) is 4.79. The normalized spacial score (nSPS) is 28.1. The molecule has 1 heterocycles. The quantitative estimate of drug-likeness (QED) is 0.670. The Balaban J connectivity index is 2.88. The van der Waals surface area contributed by atoms with E-state index in [0.29, 0.717) is 6.42 Å². The molecule has 88 valence electrons. The molecular weight excluding hydrogens is 222 g/mol. The number of aliphatic hydroxyl groups excluding tert-OH is 1. The summed E-state index contributed by atoms with van der Waals surface area (Å²) < 4.78 is 24.2. The molecule has 0 aromatic heterocycles. The lowest BCUT2D eigenvalue weighted by Crippen LogP contribution is -2.41. The molecule has 1 aliphatic heterocycles. The number of aliphatic carboxylic acids is 1. The lowest BCUT2D eigenvalue weighted by Gasteiger charge is -2.20. The Hall–Kier alpha value is -0.660. The highest BCUT2D eigenvalue weighted by molar-refractivity contribution is 7.89. The molecule has 1 aliphatic rings. The second-order valence-corrected chi connectivity index (χ2v) is 5.67. The molecule has 0 amide bonds. The van der Waals surface area contributed by atoms with Crippen LogP contribution in [0.3, 0.4) is 0 Å². The fourth-order valence-corrected chi connectivity index (χ4v) is 3.40. The molecule has 0 aliphatic carbocycles. The van der Waals surface area contributed by atoms with Gasteiger partial charge in [-0.25, -0.2) is 8.42 Å². The van der Waals surface area contributed by atoms with Crippen molar-refractivity contribution in [2.75, 3.05) is 12.3 Å². The van der Waals surface area contributed by atoms with Gasteiger partial charge in [0.25, 0.3) is 0 Å². The minimum atomic E-state index is -3.54. The van der Waals surface area contributed by atoms with Gasteiger partial charge in [-0.05, 0) is 6.42 Å². The third kappa shape index (κ3) is 2.67. The van der Waals surface area contributed by atoms with Crippen LogP contribution in [0.15, 0.2) is 0 Å². The number of carboxylic acid groups (broad SMARTS) is 1. The molecule has 2 atom stereocenters. The summed E-state index contributed by atoms with van der Waals surface area (Å²) in [4.78, 5) is 10.8. The fourth-order valence-electron chi connectivity index (χ4n) is 1.69. The van der Waals surface area contributed by atoms with E-state index in [4.69, 9.17) is 5.11 Å². The average molecular weight is 237 g/mol. The topological polar surface area (TPSA) is 94.9 Å². The highest BCUT2D eigenvalue weighted by Gasteiger charge is 2.42. The summed E-state index contributed by atoms with van der Waals surface area (Å²) in [6.45, 7) is 1.60. The van der Waals surface area contributed by atoms with Crippen LogP contribution in [-0.2, 0) is 14.8 Å². The molecule has 1 rings (SSSR count). The molecule has 0 saturated carbocycles. The number of carbonyl (C=O) groups is 1. The van der Waals surface area contributed by atoms with E-state index >= 15 is 0 Å². The van der Waals surface area contributed by atoms with Crippen LogP contribution in [0, 0.1) is 0 Å². The van der Waals surface area contributed by atoms with E-state index in [1.807, 2.05) is 0 Å². The van der Waals surface area contributed by atoms with Crippen LogP contribution in [-0.4, -0.2) is 53.3 Å². The summed E-state index contributed by atoms with van der Waals surface area (Å²) in [5, 5.41) is 18.1. The molecule has 2 N–H and O–H groups in total. The Morgan fingerprint density at radius 2 is 2.13 bits per heavy atom. The molecular formula is C8H15NO5S.